The van der Waals surface area contributed by atoms with Gasteiger partial charge in [-0.25, -0.2) is 4.79 Å². The quantitative estimate of drug-likeness (QED) is 0.0811. The molecular weight excluding hydrogens is 1010 g/mol. The van der Waals surface area contributed by atoms with Crippen LogP contribution in [0.2, 0.25) is 0 Å². The van der Waals surface area contributed by atoms with Gasteiger partial charge in [-0.3, -0.25) is 33.6 Å². The van der Waals surface area contributed by atoms with E-state index in [1.807, 2.05) is 97.7 Å². The van der Waals surface area contributed by atoms with Gasteiger partial charge in [-0.05, 0) is 153 Å². The normalized spacial score (nSPS) is 18.5. The molecule has 0 bridgehead atoms. The van der Waals surface area contributed by atoms with Crippen molar-refractivity contribution in [2.24, 2.45) is 29.4 Å². The number of ketones is 2. The molecule has 4 aliphatic rings. The summed E-state index contributed by atoms with van der Waals surface area (Å²) in [6, 6.07) is 14.2. The Hall–Kier alpha value is -6.24. The van der Waals surface area contributed by atoms with E-state index in [4.69, 9.17) is 10.5 Å². The van der Waals surface area contributed by atoms with Gasteiger partial charge < -0.3 is 40.7 Å². The molecule has 0 aliphatic carbocycles. The molecule has 6 heterocycles. The van der Waals surface area contributed by atoms with E-state index in [1.165, 1.54) is 0 Å². The first-order valence-corrected chi connectivity index (χ1v) is 28.9. The molecule has 0 saturated carbocycles. The van der Waals surface area contributed by atoms with Crippen LogP contribution in [0.1, 0.15) is 136 Å². The van der Waals surface area contributed by atoms with Crippen LogP contribution in [-0.4, -0.2) is 83.5 Å². The highest BCUT2D eigenvalue weighted by Gasteiger charge is 2.42. The zero-order chi connectivity index (χ0) is 55.9. The molecule has 414 valence electrons. The maximum absolute atomic E-state index is 14.2. The molecule has 2 saturated heterocycles. The number of fused-ring (bicyclic) bond motifs is 2. The molecule has 0 spiro atoms. The van der Waals surface area contributed by atoms with Crippen molar-refractivity contribution >= 4 is 92.6 Å². The van der Waals surface area contributed by atoms with E-state index in [9.17, 15) is 38.4 Å². The van der Waals surface area contributed by atoms with Crippen LogP contribution in [0.3, 0.4) is 0 Å². The van der Waals surface area contributed by atoms with Crippen LogP contribution in [0.5, 0.6) is 0 Å². The predicted octanol–water partition coefficient (Wildman–Crippen LogP) is 9.29. The molecule has 8 rings (SSSR count). The zero-order valence-electron chi connectivity index (χ0n) is 46.1. The summed E-state index contributed by atoms with van der Waals surface area (Å²) in [5, 5.41) is 13.4. The fourth-order valence-corrected chi connectivity index (χ4v) is 11.9. The second-order valence-electron chi connectivity index (χ2n) is 23.3. The Morgan fingerprint density at radius 3 is 1.55 bits per heavy atom. The molecule has 2 aromatic heterocycles. The lowest BCUT2D eigenvalue weighted by Gasteiger charge is -2.37. The summed E-state index contributed by atoms with van der Waals surface area (Å²) in [7, 11) is 0. The minimum Gasteiger partial charge on any atom is -0.444 e. The van der Waals surface area contributed by atoms with Crippen molar-refractivity contribution in [3.8, 4) is 0 Å². The highest BCUT2D eigenvalue weighted by Crippen LogP contribution is 2.44. The predicted molar refractivity (Wildman–Crippen MR) is 303 cm³/mol. The summed E-state index contributed by atoms with van der Waals surface area (Å²) < 4.78 is 5.32. The molecule has 4 aromatic rings. The smallest absolute Gasteiger partial charge is 0.408 e. The van der Waals surface area contributed by atoms with Crippen molar-refractivity contribution < 1.29 is 43.1 Å². The largest absolute Gasteiger partial charge is 0.444 e. The zero-order valence-corrected chi connectivity index (χ0v) is 47.8. The number of alkyl carbamates (subject to hydrolysis) is 1. The molecule has 2 aromatic carbocycles. The summed E-state index contributed by atoms with van der Waals surface area (Å²) in [4.78, 5) is 113. The van der Waals surface area contributed by atoms with Crippen LogP contribution in [0.4, 0.5) is 27.5 Å². The average Bonchev–Trinajstić information content (AvgIpc) is 4.23. The minimum atomic E-state index is -1.35. The first-order chi connectivity index (χ1) is 36.4. The van der Waals surface area contributed by atoms with E-state index in [2.05, 4.69) is 10.6 Å². The third kappa shape index (κ3) is 14.7. The number of amides is 6. The molecule has 4 aliphatic heterocycles. The third-order valence-electron chi connectivity index (χ3n) is 14.3. The van der Waals surface area contributed by atoms with Crippen molar-refractivity contribution in [1.29, 1.82) is 0 Å². The van der Waals surface area contributed by atoms with Crippen molar-refractivity contribution in [1.82, 2.24) is 10.6 Å². The van der Waals surface area contributed by atoms with Gasteiger partial charge in [-0.15, -0.1) is 0 Å². The summed E-state index contributed by atoms with van der Waals surface area (Å²) in [5.41, 5.74) is 11.0. The van der Waals surface area contributed by atoms with Gasteiger partial charge in [0, 0.05) is 50.6 Å². The number of hydrogen-bond donors (Lipinski definition) is 3. The summed E-state index contributed by atoms with van der Waals surface area (Å²) in [6.07, 6.45) is 3.81. The minimum absolute atomic E-state index is 0.0417. The first kappa shape index (κ1) is 58.4. The highest BCUT2D eigenvalue weighted by molar-refractivity contribution is 7.08. The van der Waals surface area contributed by atoms with Crippen molar-refractivity contribution in [3.05, 3.63) is 92.3 Å². The Kier molecular flexibility index (Phi) is 19.0. The van der Waals surface area contributed by atoms with Crippen LogP contribution in [0.15, 0.2) is 70.1 Å². The average molecular weight is 1090 g/mol. The Labute approximate surface area is 461 Å². The van der Waals surface area contributed by atoms with Crippen molar-refractivity contribution in [3.63, 3.8) is 0 Å². The first-order valence-electron chi connectivity index (χ1n) is 27.0. The second-order valence-corrected chi connectivity index (χ2v) is 24.8. The van der Waals surface area contributed by atoms with Crippen LogP contribution in [0, 0.1) is 23.7 Å². The number of Topliss-reactive ketones (excluding diaryl/α,β-unsaturated/α-hetero) is 2. The standard InChI is InChI=1S/C34H46N4O6S.C25H31N3O3S/c1-21(2)16-25(35-31(42)34(6,7)36-32(43)44-33(3,4)5)27(39)18-24-17-23-10-8-11-26(37-14-9-12-28(37)40)29(23)38(30(24)41)19-22-13-15-45-20-22;1-16(2)11-20(26)22(29)13-19-12-18-5-3-6-21(27-9-4-7-23(27)30)24(18)28(25(19)31)14-17-8-10-32-15-17/h8,10-11,13,15,20-21,24-25H,9,12,14,16-19H2,1-7H3,(H,35,42)(H,36,43);3,5-6,8,10,15-16,19-20H,4,7,9,11-14,26H2,1-2H3/t24?,25-;19?,20-/m11/s1. The monoisotopic (exact) mass is 1090 g/mol. The molecule has 77 heavy (non-hydrogen) atoms. The maximum Gasteiger partial charge on any atom is 0.408 e. The van der Waals surface area contributed by atoms with Gasteiger partial charge in [0.2, 0.25) is 29.5 Å². The number of nitrogens with zero attached hydrogens (tertiary/aromatic N) is 4. The Morgan fingerprint density at radius 1 is 0.675 bits per heavy atom. The van der Waals surface area contributed by atoms with E-state index in [0.29, 0.717) is 70.6 Å². The van der Waals surface area contributed by atoms with E-state index >= 15 is 0 Å². The number of para-hydroxylation sites is 2. The topological polar surface area (TPSA) is 209 Å². The molecule has 18 heteroatoms. The lowest BCUT2D eigenvalue weighted by atomic mass is 9.84. The van der Waals surface area contributed by atoms with Gasteiger partial charge in [-0.2, -0.15) is 22.7 Å². The Morgan fingerprint density at radius 2 is 1.14 bits per heavy atom. The Balaban J connectivity index is 0.000000236. The SMILES string of the molecule is CC(C)C[C@@H](N)C(=O)CC1Cc2cccc(N3CCCC3=O)c2N(Cc2ccsc2)C1=O.CC(C)C[C@@H](NC(=O)C(C)(C)NC(=O)OC(C)(C)C)C(=O)CC1Cc2cccc(N3CCCC3=O)c2N(Cc2ccsc2)C1=O. The van der Waals surface area contributed by atoms with Crippen LogP contribution in [0.25, 0.3) is 0 Å². The van der Waals surface area contributed by atoms with Crippen LogP contribution < -0.4 is 36.0 Å². The van der Waals surface area contributed by atoms with Gasteiger partial charge >= 0.3 is 6.09 Å². The summed E-state index contributed by atoms with van der Waals surface area (Å²) in [5.74, 6) is -1.58. The molecule has 4 atom stereocenters. The lowest BCUT2D eigenvalue weighted by molar-refractivity contribution is -0.133. The number of carbonyl (C=O) groups excluding carboxylic acids is 8. The third-order valence-corrected chi connectivity index (χ3v) is 15.7. The molecule has 2 unspecified atom stereocenters. The van der Waals surface area contributed by atoms with Gasteiger partial charge in [0.05, 0.1) is 47.9 Å². The Bertz CT molecular complexity index is 2800. The number of benzene rings is 2. The van der Waals surface area contributed by atoms with E-state index in [-0.39, 0.29) is 54.0 Å². The van der Waals surface area contributed by atoms with Crippen LogP contribution >= 0.6 is 22.7 Å². The lowest BCUT2D eigenvalue weighted by Crippen LogP contribution is -2.58. The fraction of sp³-hybridized carbons (Fsp3) is 0.525. The van der Waals surface area contributed by atoms with E-state index in [0.717, 1.165) is 57.8 Å². The fourth-order valence-electron chi connectivity index (χ4n) is 10.6. The number of thiophene rings is 2. The number of ether oxygens (including phenoxy) is 1. The maximum atomic E-state index is 14.2. The molecular formula is C59H77N7O9S2. The number of hydrogen-bond acceptors (Lipinski definition) is 12. The number of nitrogens with one attached hydrogen (secondary N) is 2. The summed E-state index contributed by atoms with van der Waals surface area (Å²) >= 11 is 3.13. The number of anilines is 4. The molecule has 2 fully saturated rings. The molecule has 0 radical (unpaired) electrons. The van der Waals surface area contributed by atoms with Crippen LogP contribution in [-0.2, 0) is 64.2 Å². The van der Waals surface area contributed by atoms with Crippen molar-refractivity contribution in [2.75, 3.05) is 32.7 Å². The number of nitrogens with two attached hydrogens (primary N) is 1. The molecule has 16 nitrogen and oxygen atoms in total. The van der Waals surface area contributed by atoms with Gasteiger partial charge in [0.1, 0.15) is 16.9 Å². The molecule has 4 N–H and O–H groups in total. The highest BCUT2D eigenvalue weighted by atomic mass is 32.1. The van der Waals surface area contributed by atoms with Gasteiger partial charge in [0.25, 0.3) is 0 Å². The second kappa shape index (κ2) is 25.0. The van der Waals surface area contributed by atoms with Gasteiger partial charge in [-0.1, -0.05) is 52.0 Å². The molecule has 6 amide bonds. The van der Waals surface area contributed by atoms with Gasteiger partial charge in [0.15, 0.2) is 5.78 Å². The van der Waals surface area contributed by atoms with E-state index in [1.54, 1.807) is 76.9 Å². The van der Waals surface area contributed by atoms with E-state index < -0.39 is 47.1 Å². The number of carbonyl (C=O) groups is 8. The number of rotatable bonds is 19. The summed E-state index contributed by atoms with van der Waals surface area (Å²) in [6.45, 7) is 18.3. The van der Waals surface area contributed by atoms with Crippen molar-refractivity contribution in [2.45, 2.75) is 163 Å².